The minimum atomic E-state index is 0.0696. The average molecular weight is 274 g/mol. The fraction of sp³-hybridized carbons (Fsp3) is 0.588. The number of aryl methyl sites for hydroxylation is 1. The van der Waals surface area contributed by atoms with Gasteiger partial charge in [-0.2, -0.15) is 0 Å². The van der Waals surface area contributed by atoms with Gasteiger partial charge in [0.15, 0.2) is 0 Å². The van der Waals surface area contributed by atoms with Crippen LogP contribution in [0.15, 0.2) is 24.3 Å². The number of anilines is 1. The van der Waals surface area contributed by atoms with E-state index >= 15 is 0 Å². The van der Waals surface area contributed by atoms with Crippen LogP contribution >= 0.6 is 0 Å². The van der Waals surface area contributed by atoms with Gasteiger partial charge in [-0.15, -0.1) is 0 Å². The number of para-hydroxylation sites is 1. The summed E-state index contributed by atoms with van der Waals surface area (Å²) in [6.07, 6.45) is 5.11. The van der Waals surface area contributed by atoms with Gasteiger partial charge in [0.1, 0.15) is 0 Å². The van der Waals surface area contributed by atoms with E-state index < -0.39 is 0 Å². The van der Waals surface area contributed by atoms with Crippen LogP contribution in [0.25, 0.3) is 0 Å². The van der Waals surface area contributed by atoms with Crippen LogP contribution in [0.3, 0.4) is 0 Å². The number of hydrogen-bond donors (Lipinski definition) is 1. The van der Waals surface area contributed by atoms with E-state index in [-0.39, 0.29) is 17.9 Å². The molecule has 0 saturated carbocycles. The van der Waals surface area contributed by atoms with Gasteiger partial charge >= 0.3 is 0 Å². The Morgan fingerprint density at radius 3 is 2.90 bits per heavy atom. The molecule has 2 atom stereocenters. The van der Waals surface area contributed by atoms with Gasteiger partial charge in [0.25, 0.3) is 0 Å². The Morgan fingerprint density at radius 1 is 1.45 bits per heavy atom. The summed E-state index contributed by atoms with van der Waals surface area (Å²) in [7, 11) is 0. The van der Waals surface area contributed by atoms with Crippen molar-refractivity contribution in [3.63, 3.8) is 0 Å². The normalized spacial score (nSPS) is 20.1. The van der Waals surface area contributed by atoms with Crippen molar-refractivity contribution in [2.24, 2.45) is 11.7 Å². The van der Waals surface area contributed by atoms with Crippen molar-refractivity contribution in [1.82, 2.24) is 0 Å². The van der Waals surface area contributed by atoms with E-state index in [1.807, 2.05) is 17.9 Å². The van der Waals surface area contributed by atoms with Crippen molar-refractivity contribution in [2.45, 2.75) is 52.0 Å². The summed E-state index contributed by atoms with van der Waals surface area (Å²) in [5.41, 5.74) is 8.29. The highest BCUT2D eigenvalue weighted by molar-refractivity contribution is 5.96. The van der Waals surface area contributed by atoms with Crippen LogP contribution < -0.4 is 10.6 Å². The number of fused-ring (bicyclic) bond motifs is 1. The zero-order valence-corrected chi connectivity index (χ0v) is 12.6. The minimum absolute atomic E-state index is 0.0696. The molecule has 20 heavy (non-hydrogen) atoms. The molecular weight excluding hydrogens is 248 g/mol. The van der Waals surface area contributed by atoms with Crippen LogP contribution in [-0.4, -0.2) is 18.5 Å². The molecule has 2 N–H and O–H groups in total. The molecule has 3 heteroatoms. The molecule has 0 bridgehead atoms. The summed E-state index contributed by atoms with van der Waals surface area (Å²) in [5, 5.41) is 0. The lowest BCUT2D eigenvalue weighted by Crippen LogP contribution is -2.46. The molecule has 1 heterocycles. The van der Waals surface area contributed by atoms with Crippen molar-refractivity contribution in [3.05, 3.63) is 29.8 Å². The first kappa shape index (κ1) is 15.0. The Kier molecular flexibility index (Phi) is 5.18. The number of hydrogen-bond acceptors (Lipinski definition) is 2. The minimum Gasteiger partial charge on any atom is -0.328 e. The molecule has 1 aliphatic rings. The summed E-state index contributed by atoms with van der Waals surface area (Å²) in [6.45, 7) is 4.70. The van der Waals surface area contributed by atoms with Gasteiger partial charge in [-0.3, -0.25) is 4.79 Å². The summed E-state index contributed by atoms with van der Waals surface area (Å²) in [4.78, 5) is 14.8. The van der Waals surface area contributed by atoms with Gasteiger partial charge < -0.3 is 10.6 Å². The molecule has 3 nitrogen and oxygen atoms in total. The third-order valence-electron chi connectivity index (χ3n) is 4.25. The van der Waals surface area contributed by atoms with Crippen molar-refractivity contribution < 1.29 is 4.79 Å². The smallest absolute Gasteiger partial charge is 0.230 e. The summed E-state index contributed by atoms with van der Waals surface area (Å²) in [5.74, 6) is 0.303. The van der Waals surface area contributed by atoms with Crippen molar-refractivity contribution in [2.75, 3.05) is 11.4 Å². The number of amides is 1. The number of rotatable bonds is 4. The van der Waals surface area contributed by atoms with Gasteiger partial charge in [0.05, 0.1) is 0 Å². The quantitative estimate of drug-likeness (QED) is 0.917. The predicted molar refractivity (Wildman–Crippen MR) is 83.8 cm³/mol. The van der Waals surface area contributed by atoms with Gasteiger partial charge in [-0.25, -0.2) is 0 Å². The van der Waals surface area contributed by atoms with Crippen LogP contribution in [0.1, 0.15) is 45.1 Å². The lowest BCUT2D eigenvalue weighted by Gasteiger charge is -2.32. The fourth-order valence-electron chi connectivity index (χ4n) is 3.13. The van der Waals surface area contributed by atoms with Crippen LogP contribution in [-0.2, 0) is 11.2 Å². The van der Waals surface area contributed by atoms with E-state index in [2.05, 4.69) is 25.1 Å². The highest BCUT2D eigenvalue weighted by Gasteiger charge is 2.30. The Morgan fingerprint density at radius 2 is 2.20 bits per heavy atom. The number of nitrogens with zero attached hydrogens (tertiary/aromatic N) is 1. The first-order valence-electron chi connectivity index (χ1n) is 7.80. The van der Waals surface area contributed by atoms with Gasteiger partial charge in [0.2, 0.25) is 5.91 Å². The monoisotopic (exact) mass is 274 g/mol. The molecule has 0 aliphatic carbocycles. The lowest BCUT2D eigenvalue weighted by atomic mass is 10.0. The first-order valence-corrected chi connectivity index (χ1v) is 7.80. The second-order valence-corrected chi connectivity index (χ2v) is 5.81. The molecule has 1 amide bonds. The Labute approximate surface area is 122 Å². The van der Waals surface area contributed by atoms with E-state index in [0.717, 1.165) is 37.8 Å². The lowest BCUT2D eigenvalue weighted by molar-refractivity contribution is -0.122. The third kappa shape index (κ3) is 3.04. The van der Waals surface area contributed by atoms with E-state index in [9.17, 15) is 4.79 Å². The number of nitrogens with two attached hydrogens (primary N) is 1. The Balaban J connectivity index is 2.36. The molecule has 0 aromatic heterocycles. The number of benzene rings is 1. The Hall–Kier alpha value is -1.35. The molecule has 0 fully saturated rings. The molecule has 1 aromatic carbocycles. The zero-order valence-electron chi connectivity index (χ0n) is 12.6. The zero-order chi connectivity index (χ0) is 14.5. The van der Waals surface area contributed by atoms with E-state index in [4.69, 9.17) is 5.73 Å². The van der Waals surface area contributed by atoms with Crippen LogP contribution in [0.2, 0.25) is 0 Å². The topological polar surface area (TPSA) is 46.3 Å². The third-order valence-corrected chi connectivity index (χ3v) is 4.25. The molecule has 110 valence electrons. The van der Waals surface area contributed by atoms with Crippen molar-refractivity contribution in [3.8, 4) is 0 Å². The molecule has 2 unspecified atom stereocenters. The maximum Gasteiger partial charge on any atom is 0.230 e. The first-order chi connectivity index (χ1) is 9.69. The maximum atomic E-state index is 12.8. The molecule has 1 aromatic rings. The number of carbonyl (C=O) groups excluding carboxylic acids is 1. The fourth-order valence-corrected chi connectivity index (χ4v) is 3.13. The van der Waals surface area contributed by atoms with Gasteiger partial charge in [-0.05, 0) is 37.3 Å². The second kappa shape index (κ2) is 6.89. The maximum absolute atomic E-state index is 12.8. The van der Waals surface area contributed by atoms with Crippen LogP contribution in [0.5, 0.6) is 0 Å². The molecule has 0 spiro atoms. The second-order valence-electron chi connectivity index (χ2n) is 5.81. The van der Waals surface area contributed by atoms with Crippen molar-refractivity contribution in [1.29, 1.82) is 0 Å². The van der Waals surface area contributed by atoms with Gasteiger partial charge in [0, 0.05) is 24.2 Å². The van der Waals surface area contributed by atoms with Crippen LogP contribution in [0.4, 0.5) is 5.69 Å². The molecule has 1 aliphatic heterocycles. The molecule has 0 saturated heterocycles. The molecule has 0 radical (unpaired) electrons. The number of carbonyl (C=O) groups is 1. The van der Waals surface area contributed by atoms with E-state index in [0.29, 0.717) is 6.54 Å². The Bertz CT molecular complexity index is 458. The predicted octanol–water partition coefficient (Wildman–Crippen LogP) is 3.12. The standard InChI is InChI=1S/C17H26N2O/c1-3-7-13(2)17(20)19-15(12-18)10-6-9-14-8-4-5-11-16(14)19/h4-5,8,11,13,15H,3,6-7,9-10,12,18H2,1-2H3. The van der Waals surface area contributed by atoms with Gasteiger partial charge in [-0.1, -0.05) is 38.5 Å². The highest BCUT2D eigenvalue weighted by Crippen LogP contribution is 2.31. The average Bonchev–Trinajstić information content (AvgIpc) is 2.65. The summed E-state index contributed by atoms with van der Waals surface area (Å²) in [6, 6.07) is 8.42. The molecule has 2 rings (SSSR count). The summed E-state index contributed by atoms with van der Waals surface area (Å²) >= 11 is 0. The largest absolute Gasteiger partial charge is 0.328 e. The van der Waals surface area contributed by atoms with Crippen molar-refractivity contribution >= 4 is 11.6 Å². The van der Waals surface area contributed by atoms with Crippen LogP contribution in [0, 0.1) is 5.92 Å². The highest BCUT2D eigenvalue weighted by atomic mass is 16.2. The van der Waals surface area contributed by atoms with E-state index in [1.165, 1.54) is 5.56 Å². The van der Waals surface area contributed by atoms with E-state index in [1.54, 1.807) is 0 Å². The SMILES string of the molecule is CCCC(C)C(=O)N1c2ccccc2CCCC1CN. The summed E-state index contributed by atoms with van der Waals surface area (Å²) < 4.78 is 0. The molecular formula is C17H26N2O.